The van der Waals surface area contributed by atoms with Crippen molar-refractivity contribution in [1.29, 1.82) is 0 Å². The molecule has 0 unspecified atom stereocenters. The number of halogens is 1. The lowest BCUT2D eigenvalue weighted by Gasteiger charge is -2.43. The van der Waals surface area contributed by atoms with Crippen LogP contribution in [0.1, 0.15) is 22.8 Å². The first kappa shape index (κ1) is 19.2. The number of benzene rings is 1. The number of nitrogens with one attached hydrogen (secondary N) is 1. The van der Waals surface area contributed by atoms with Crippen LogP contribution in [0.5, 0.6) is 0 Å². The van der Waals surface area contributed by atoms with E-state index in [2.05, 4.69) is 4.98 Å². The van der Waals surface area contributed by atoms with Crippen molar-refractivity contribution in [2.24, 2.45) is 29.6 Å². The molecule has 3 fully saturated rings. The number of aliphatic carboxylic acids is 1. The number of carboxylic acids is 1. The Morgan fingerprint density at radius 2 is 1.81 bits per heavy atom. The van der Waals surface area contributed by atoms with E-state index >= 15 is 0 Å². The van der Waals surface area contributed by atoms with Gasteiger partial charge in [0.1, 0.15) is 12.4 Å². The third kappa shape index (κ3) is 2.57. The number of amides is 2. The van der Waals surface area contributed by atoms with Crippen molar-refractivity contribution in [2.45, 2.75) is 22.6 Å². The van der Waals surface area contributed by atoms with Crippen LogP contribution < -0.4 is 4.87 Å². The smallest absolute Gasteiger partial charge is 0.323 e. The highest BCUT2D eigenvalue weighted by atomic mass is 32.2. The van der Waals surface area contributed by atoms with Crippen LogP contribution in [0.25, 0.3) is 0 Å². The van der Waals surface area contributed by atoms with Gasteiger partial charge in [0.15, 0.2) is 0 Å². The molecular weight excluding hydrogens is 443 g/mol. The monoisotopic (exact) mass is 460 g/mol. The van der Waals surface area contributed by atoms with E-state index in [9.17, 15) is 23.6 Å². The van der Waals surface area contributed by atoms with Crippen LogP contribution in [-0.2, 0) is 14.4 Å². The van der Waals surface area contributed by atoms with Gasteiger partial charge in [0.25, 0.3) is 0 Å². The van der Waals surface area contributed by atoms with Gasteiger partial charge < -0.3 is 10.1 Å². The molecule has 2 saturated carbocycles. The minimum Gasteiger partial charge on any atom is -0.480 e. The second-order valence-electron chi connectivity index (χ2n) is 8.67. The highest BCUT2D eigenvalue weighted by Crippen LogP contribution is 2.68. The second-order valence-corrected chi connectivity index (χ2v) is 10.9. The number of aromatic amines is 1. The van der Waals surface area contributed by atoms with Crippen molar-refractivity contribution in [1.82, 2.24) is 9.88 Å². The zero-order valence-corrected chi connectivity index (χ0v) is 17.6. The van der Waals surface area contributed by atoms with Gasteiger partial charge in [-0.3, -0.25) is 24.1 Å². The van der Waals surface area contributed by atoms with Crippen LogP contribution in [0.3, 0.4) is 0 Å². The van der Waals surface area contributed by atoms with Crippen molar-refractivity contribution < 1.29 is 23.9 Å². The Morgan fingerprint density at radius 1 is 1.13 bits per heavy atom. The predicted molar refractivity (Wildman–Crippen MR) is 109 cm³/mol. The number of carbonyl (C=O) groups is 3. The summed E-state index contributed by atoms with van der Waals surface area (Å²) < 4.78 is 13.6. The average Bonchev–Trinajstić information content (AvgIpc) is 3.44. The molecule has 6 rings (SSSR count). The first-order valence-electron chi connectivity index (χ1n) is 10.1. The van der Waals surface area contributed by atoms with Crippen LogP contribution in [0.2, 0.25) is 0 Å². The van der Waals surface area contributed by atoms with E-state index < -0.39 is 24.3 Å². The minimum atomic E-state index is -1.20. The Morgan fingerprint density at radius 3 is 2.48 bits per heavy atom. The minimum absolute atomic E-state index is 0.0159. The lowest BCUT2D eigenvalue weighted by molar-refractivity contribution is -0.149. The van der Waals surface area contributed by atoms with E-state index in [0.29, 0.717) is 0 Å². The Hall–Kier alpha value is -2.46. The number of imide groups is 1. The van der Waals surface area contributed by atoms with Gasteiger partial charge in [-0.15, -0.1) is 11.8 Å². The lowest BCUT2D eigenvalue weighted by atomic mass is 9.68. The second kappa shape index (κ2) is 6.52. The number of H-pyrrole nitrogens is 1. The maximum Gasteiger partial charge on any atom is 0.323 e. The standard InChI is InChI=1S/C21H17FN2O5S2/c22-8-3-1-7(2-4-8)12-13-9-5-10(16(13)30-18-17(12)31-21(29)23-18)15-14(9)19(27)24(20(15)28)6-11(25)26/h1-4,9-10,12-16H,5-6H2,(H,23,29)(H,25,26)/t9-,10-,12-,13-,14+,15-,16-/m1/s1. The molecule has 2 aliphatic carbocycles. The molecule has 31 heavy (non-hydrogen) atoms. The largest absolute Gasteiger partial charge is 0.480 e. The van der Waals surface area contributed by atoms with Crippen LogP contribution >= 0.6 is 23.1 Å². The molecule has 7 atom stereocenters. The van der Waals surface area contributed by atoms with Crippen molar-refractivity contribution >= 4 is 40.9 Å². The number of fused-ring (bicyclic) bond motifs is 9. The maximum absolute atomic E-state index is 13.6. The molecule has 10 heteroatoms. The molecular formula is C21H17FN2O5S2. The van der Waals surface area contributed by atoms with Crippen molar-refractivity contribution in [3.63, 3.8) is 0 Å². The molecule has 2 aliphatic heterocycles. The van der Waals surface area contributed by atoms with Gasteiger partial charge in [-0.2, -0.15) is 0 Å². The van der Waals surface area contributed by atoms with E-state index in [4.69, 9.17) is 5.11 Å². The van der Waals surface area contributed by atoms with E-state index in [1.54, 1.807) is 23.9 Å². The number of aromatic nitrogens is 1. The number of thioether (sulfide) groups is 1. The molecule has 2 aromatic rings. The van der Waals surface area contributed by atoms with Crippen molar-refractivity contribution in [3.05, 3.63) is 50.2 Å². The summed E-state index contributed by atoms with van der Waals surface area (Å²) in [7, 11) is 0. The third-order valence-electron chi connectivity index (χ3n) is 7.34. The van der Waals surface area contributed by atoms with E-state index in [-0.39, 0.29) is 51.4 Å². The highest BCUT2D eigenvalue weighted by molar-refractivity contribution is 8.00. The van der Waals surface area contributed by atoms with E-state index in [1.807, 2.05) is 0 Å². The SMILES string of the molecule is O=C(O)CN1C(=O)[C@@H]2[C@H]3C[C@@H]([C@@H]2C1=O)[C@@H]1[C@@H](c2ccc(F)cc2)c2sc(=O)[nH]c2S[C@H]31. The van der Waals surface area contributed by atoms with Gasteiger partial charge in [0.05, 0.1) is 16.9 Å². The normalized spacial score (nSPS) is 35.3. The number of carboxylic acid groups (broad SMARTS) is 1. The fourth-order valence-corrected chi connectivity index (χ4v) is 9.30. The van der Waals surface area contributed by atoms with Crippen LogP contribution in [0, 0.1) is 35.4 Å². The van der Waals surface area contributed by atoms with Gasteiger partial charge in [-0.1, -0.05) is 23.5 Å². The van der Waals surface area contributed by atoms with Gasteiger partial charge in [-0.25, -0.2) is 4.39 Å². The molecule has 160 valence electrons. The van der Waals surface area contributed by atoms with Gasteiger partial charge in [0.2, 0.25) is 11.8 Å². The van der Waals surface area contributed by atoms with Gasteiger partial charge in [-0.05, 0) is 41.9 Å². The topological polar surface area (TPSA) is 108 Å². The molecule has 1 aromatic heterocycles. The quantitative estimate of drug-likeness (QED) is 0.680. The van der Waals surface area contributed by atoms with Gasteiger partial charge >= 0.3 is 10.8 Å². The Labute approximate surface area is 183 Å². The molecule has 0 radical (unpaired) electrons. The Kier molecular flexibility index (Phi) is 4.05. The zero-order valence-electron chi connectivity index (χ0n) is 16.0. The predicted octanol–water partition coefficient (Wildman–Crippen LogP) is 2.13. The summed E-state index contributed by atoms with van der Waals surface area (Å²) in [5.74, 6) is -3.62. The van der Waals surface area contributed by atoms with Crippen LogP contribution in [0.4, 0.5) is 4.39 Å². The molecule has 0 spiro atoms. The summed E-state index contributed by atoms with van der Waals surface area (Å²) in [4.78, 5) is 53.9. The van der Waals surface area contributed by atoms with E-state index in [1.165, 1.54) is 12.1 Å². The summed E-state index contributed by atoms with van der Waals surface area (Å²) in [5, 5.41) is 9.96. The van der Waals surface area contributed by atoms with Crippen LogP contribution in [0.15, 0.2) is 34.1 Å². The Balaban J connectivity index is 1.45. The molecule has 1 aromatic carbocycles. The molecule has 3 heterocycles. The number of rotatable bonds is 3. The van der Waals surface area contributed by atoms with Crippen molar-refractivity contribution in [2.75, 3.05) is 6.54 Å². The fourth-order valence-electron chi connectivity index (χ4n) is 6.41. The lowest BCUT2D eigenvalue weighted by Crippen LogP contribution is -2.42. The molecule has 2 amide bonds. The highest BCUT2D eigenvalue weighted by Gasteiger charge is 2.69. The Bertz CT molecular complexity index is 1190. The number of hydrogen-bond donors (Lipinski definition) is 2. The zero-order chi connectivity index (χ0) is 21.6. The first-order chi connectivity index (χ1) is 14.8. The number of thiazole rings is 1. The molecule has 2 N–H and O–H groups in total. The summed E-state index contributed by atoms with van der Waals surface area (Å²) in [6, 6.07) is 6.25. The number of likely N-dealkylation sites (tertiary alicyclic amines) is 1. The maximum atomic E-state index is 13.6. The molecule has 7 nitrogen and oxygen atoms in total. The fraction of sp³-hybridized carbons (Fsp3) is 0.429. The number of nitrogens with zero attached hydrogens (tertiary/aromatic N) is 1. The van der Waals surface area contributed by atoms with E-state index in [0.717, 1.165) is 38.1 Å². The van der Waals surface area contributed by atoms with Crippen LogP contribution in [-0.4, -0.2) is 44.6 Å². The van der Waals surface area contributed by atoms with Crippen molar-refractivity contribution in [3.8, 4) is 0 Å². The number of carbonyl (C=O) groups excluding carboxylic acids is 2. The molecule has 2 bridgehead atoms. The first-order valence-corrected chi connectivity index (χ1v) is 11.8. The third-order valence-corrected chi connectivity index (χ3v) is 9.93. The summed E-state index contributed by atoms with van der Waals surface area (Å²) in [6.45, 7) is -0.603. The number of hydrogen-bond acceptors (Lipinski definition) is 6. The molecule has 4 aliphatic rings. The summed E-state index contributed by atoms with van der Waals surface area (Å²) in [5.41, 5.74) is 0.886. The molecule has 1 saturated heterocycles. The van der Waals surface area contributed by atoms with Gasteiger partial charge in [0, 0.05) is 16.0 Å². The summed E-state index contributed by atoms with van der Waals surface area (Å²) in [6.07, 6.45) is 0.729. The summed E-state index contributed by atoms with van der Waals surface area (Å²) >= 11 is 2.71. The average molecular weight is 461 g/mol.